The van der Waals surface area contributed by atoms with Crippen LogP contribution >= 0.6 is 27.7 Å². The molecule has 0 spiro atoms. The van der Waals surface area contributed by atoms with E-state index in [2.05, 4.69) is 81.0 Å². The van der Waals surface area contributed by atoms with Crippen LogP contribution in [0.5, 0.6) is 0 Å². The number of halogens is 1. The molecule has 0 aliphatic carbocycles. The number of nitrogens with one attached hydrogen (secondary N) is 2. The summed E-state index contributed by atoms with van der Waals surface area (Å²) in [6, 6.07) is 8.44. The summed E-state index contributed by atoms with van der Waals surface area (Å²) in [5.41, 5.74) is 1.27. The average Bonchev–Trinajstić information content (AvgIpc) is 3.01. The minimum Gasteiger partial charge on any atom is -0.356 e. The molecule has 2 rings (SSSR count). The zero-order chi connectivity index (χ0) is 19.0. The first-order valence-corrected chi connectivity index (χ1v) is 10.4. The Morgan fingerprint density at radius 1 is 1.27 bits per heavy atom. The van der Waals surface area contributed by atoms with Gasteiger partial charge in [0.2, 0.25) is 0 Å². The summed E-state index contributed by atoms with van der Waals surface area (Å²) in [5, 5.41) is 11.0. The predicted molar refractivity (Wildman–Crippen MR) is 115 cm³/mol. The van der Waals surface area contributed by atoms with E-state index in [-0.39, 0.29) is 4.75 Å². The molecular formula is C19H28BrN5S. The van der Waals surface area contributed by atoms with E-state index in [1.807, 2.05) is 36.7 Å². The first-order chi connectivity index (χ1) is 12.4. The third kappa shape index (κ3) is 7.41. The van der Waals surface area contributed by atoms with E-state index in [0.717, 1.165) is 36.4 Å². The summed E-state index contributed by atoms with van der Waals surface area (Å²) in [6.07, 6.45) is 6.05. The van der Waals surface area contributed by atoms with E-state index in [1.54, 1.807) is 0 Å². The zero-order valence-electron chi connectivity index (χ0n) is 15.9. The normalized spacial score (nSPS) is 12.3. The van der Waals surface area contributed by atoms with Crippen LogP contribution in [-0.2, 0) is 13.5 Å². The predicted octanol–water partition coefficient (Wildman–Crippen LogP) is 3.85. The summed E-state index contributed by atoms with van der Waals surface area (Å²) >= 11 is 5.34. The van der Waals surface area contributed by atoms with Gasteiger partial charge in [-0.15, -0.1) is 11.8 Å². The van der Waals surface area contributed by atoms with Crippen molar-refractivity contribution in [2.45, 2.75) is 36.3 Å². The van der Waals surface area contributed by atoms with Crippen LogP contribution < -0.4 is 10.6 Å². The zero-order valence-corrected chi connectivity index (χ0v) is 18.3. The topological polar surface area (TPSA) is 54.2 Å². The molecule has 2 aromatic rings. The Bertz CT molecular complexity index is 709. The van der Waals surface area contributed by atoms with Crippen molar-refractivity contribution in [1.82, 2.24) is 20.4 Å². The van der Waals surface area contributed by atoms with Crippen molar-refractivity contribution >= 4 is 33.7 Å². The van der Waals surface area contributed by atoms with E-state index >= 15 is 0 Å². The minimum absolute atomic E-state index is 0.0567. The van der Waals surface area contributed by atoms with Crippen LogP contribution in [-0.4, -0.2) is 40.6 Å². The molecule has 1 aromatic heterocycles. The maximum atomic E-state index is 4.32. The fourth-order valence-corrected chi connectivity index (χ4v) is 3.79. The Labute approximate surface area is 169 Å². The van der Waals surface area contributed by atoms with Gasteiger partial charge in [0.1, 0.15) is 0 Å². The Kier molecular flexibility index (Phi) is 8.03. The number of aliphatic imine (C=N–C) groups is 1. The second kappa shape index (κ2) is 10.0. The molecule has 142 valence electrons. The highest BCUT2D eigenvalue weighted by Gasteiger charge is 2.20. The van der Waals surface area contributed by atoms with Crippen LogP contribution in [0.15, 0.2) is 51.0 Å². The second-order valence-electron chi connectivity index (χ2n) is 6.79. The molecule has 0 saturated heterocycles. The maximum absolute atomic E-state index is 4.32. The largest absolute Gasteiger partial charge is 0.356 e. The first kappa shape index (κ1) is 20.8. The van der Waals surface area contributed by atoms with Crippen molar-refractivity contribution in [1.29, 1.82) is 0 Å². The van der Waals surface area contributed by atoms with Gasteiger partial charge in [-0.25, -0.2) is 0 Å². The van der Waals surface area contributed by atoms with Gasteiger partial charge in [0.05, 0.1) is 6.20 Å². The van der Waals surface area contributed by atoms with Gasteiger partial charge < -0.3 is 10.6 Å². The number of nitrogens with zero attached hydrogens (tertiary/aromatic N) is 3. The van der Waals surface area contributed by atoms with E-state index in [1.165, 1.54) is 10.5 Å². The van der Waals surface area contributed by atoms with Crippen molar-refractivity contribution in [3.63, 3.8) is 0 Å². The number of aryl methyl sites for hydroxylation is 2. The third-order valence-corrected chi connectivity index (χ3v) is 5.54. The van der Waals surface area contributed by atoms with E-state index in [9.17, 15) is 0 Å². The van der Waals surface area contributed by atoms with Crippen LogP contribution in [0.1, 0.15) is 25.8 Å². The van der Waals surface area contributed by atoms with Crippen LogP contribution in [0.3, 0.4) is 0 Å². The average molecular weight is 438 g/mol. The Morgan fingerprint density at radius 3 is 2.62 bits per heavy atom. The Morgan fingerprint density at radius 2 is 2.00 bits per heavy atom. The van der Waals surface area contributed by atoms with Crippen molar-refractivity contribution in [2.24, 2.45) is 12.0 Å². The molecule has 26 heavy (non-hydrogen) atoms. The molecule has 1 heterocycles. The lowest BCUT2D eigenvalue weighted by molar-refractivity contribution is 0.658. The lowest BCUT2D eigenvalue weighted by atomic mass is 10.2. The van der Waals surface area contributed by atoms with Crippen molar-refractivity contribution in [3.8, 4) is 0 Å². The Hall–Kier alpha value is -1.47. The molecule has 0 saturated carbocycles. The number of thioether (sulfide) groups is 1. The highest BCUT2D eigenvalue weighted by Crippen LogP contribution is 2.32. The SMILES string of the molecule is CN=C(NCCCc1cnn(C)c1)NCC(C)(C)Sc1ccc(Br)cc1. The molecular weight excluding hydrogens is 410 g/mol. The fourth-order valence-electron chi connectivity index (χ4n) is 2.48. The van der Waals surface area contributed by atoms with Crippen molar-refractivity contribution in [3.05, 3.63) is 46.7 Å². The summed E-state index contributed by atoms with van der Waals surface area (Å²) in [5.74, 6) is 0.848. The first-order valence-electron chi connectivity index (χ1n) is 8.74. The van der Waals surface area contributed by atoms with Crippen LogP contribution in [0.25, 0.3) is 0 Å². The van der Waals surface area contributed by atoms with Gasteiger partial charge in [-0.1, -0.05) is 15.9 Å². The van der Waals surface area contributed by atoms with Crippen LogP contribution in [0.4, 0.5) is 0 Å². The van der Waals surface area contributed by atoms with E-state index < -0.39 is 0 Å². The molecule has 2 N–H and O–H groups in total. The quantitative estimate of drug-likeness (QED) is 0.285. The summed E-state index contributed by atoms with van der Waals surface area (Å²) < 4.78 is 3.00. The monoisotopic (exact) mass is 437 g/mol. The lowest BCUT2D eigenvalue weighted by Gasteiger charge is -2.25. The smallest absolute Gasteiger partial charge is 0.191 e. The van der Waals surface area contributed by atoms with Gasteiger partial charge in [0.15, 0.2) is 5.96 Å². The molecule has 0 unspecified atom stereocenters. The van der Waals surface area contributed by atoms with Gasteiger partial charge >= 0.3 is 0 Å². The van der Waals surface area contributed by atoms with Gasteiger partial charge in [0.25, 0.3) is 0 Å². The van der Waals surface area contributed by atoms with E-state index in [0.29, 0.717) is 0 Å². The number of guanidine groups is 1. The van der Waals surface area contributed by atoms with Crippen LogP contribution in [0.2, 0.25) is 0 Å². The molecule has 0 fully saturated rings. The summed E-state index contributed by atoms with van der Waals surface area (Å²) in [7, 11) is 3.76. The number of benzene rings is 1. The third-order valence-electron chi connectivity index (χ3n) is 3.81. The molecule has 0 bridgehead atoms. The van der Waals surface area contributed by atoms with Gasteiger partial charge in [-0.2, -0.15) is 5.10 Å². The standard InChI is InChI=1S/C19H28BrN5S/c1-19(2,26-17-9-7-16(20)8-10-17)14-23-18(21-3)22-11-5-6-15-12-24-25(4)13-15/h7-10,12-13H,5-6,11,14H2,1-4H3,(H2,21,22,23). The number of hydrogen-bond acceptors (Lipinski definition) is 3. The minimum atomic E-state index is 0.0567. The Balaban J connectivity index is 1.71. The number of rotatable bonds is 8. The number of hydrogen-bond donors (Lipinski definition) is 2. The molecule has 0 atom stereocenters. The molecule has 0 amide bonds. The maximum Gasteiger partial charge on any atom is 0.191 e. The van der Waals surface area contributed by atoms with Gasteiger partial charge in [0, 0.05) is 47.5 Å². The van der Waals surface area contributed by atoms with Gasteiger partial charge in [-0.3, -0.25) is 9.67 Å². The number of aromatic nitrogens is 2. The highest BCUT2D eigenvalue weighted by atomic mass is 79.9. The van der Waals surface area contributed by atoms with Gasteiger partial charge in [-0.05, 0) is 56.5 Å². The summed E-state index contributed by atoms with van der Waals surface area (Å²) in [4.78, 5) is 5.58. The van der Waals surface area contributed by atoms with Crippen molar-refractivity contribution in [2.75, 3.05) is 20.1 Å². The molecule has 0 aliphatic rings. The molecule has 5 nitrogen and oxygen atoms in total. The summed E-state index contributed by atoms with van der Waals surface area (Å²) in [6.45, 7) is 6.19. The lowest BCUT2D eigenvalue weighted by Crippen LogP contribution is -2.43. The highest BCUT2D eigenvalue weighted by molar-refractivity contribution is 9.10. The molecule has 7 heteroatoms. The van der Waals surface area contributed by atoms with Crippen LogP contribution in [0, 0.1) is 0 Å². The molecule has 0 radical (unpaired) electrons. The molecule has 0 aliphatic heterocycles. The fraction of sp³-hybridized carbons (Fsp3) is 0.474. The van der Waals surface area contributed by atoms with Crippen molar-refractivity contribution < 1.29 is 0 Å². The molecule has 1 aromatic carbocycles. The second-order valence-corrected chi connectivity index (χ2v) is 9.49. The van der Waals surface area contributed by atoms with E-state index in [4.69, 9.17) is 0 Å².